The summed E-state index contributed by atoms with van der Waals surface area (Å²) in [5.74, 6) is 0. The molecule has 0 aromatic heterocycles. The third-order valence-electron chi connectivity index (χ3n) is 0. The second kappa shape index (κ2) is 53.7. The quantitative estimate of drug-likeness (QED) is 0.387. The van der Waals surface area contributed by atoms with Gasteiger partial charge in [0.05, 0.1) is 0 Å². The molecule has 0 aromatic rings. The van der Waals surface area contributed by atoms with Crippen molar-refractivity contribution in [2.24, 2.45) is 0 Å². The molecule has 0 radical (unpaired) electrons. The first-order chi connectivity index (χ1) is 4.24. The van der Waals surface area contributed by atoms with Crippen LogP contribution in [0.3, 0.4) is 0 Å². The van der Waals surface area contributed by atoms with E-state index in [1.807, 2.05) is 0 Å². The summed E-state index contributed by atoms with van der Waals surface area (Å²) in [7, 11) is 0. The molecule has 0 fully saturated rings. The minimum atomic E-state index is -1.75. The number of rotatable bonds is 0. The third-order valence-corrected chi connectivity index (χ3v) is 0. The molecular weight excluding hydrogens is 240 g/mol. The van der Waals surface area contributed by atoms with E-state index in [1.54, 1.807) is 0 Å². The standard InChI is InChI=1S/3Al.Ca.Na.6O/q;;;+2;+1;;;;3*-1. The van der Waals surface area contributed by atoms with E-state index >= 15 is 0 Å². The zero-order valence-corrected chi connectivity index (χ0v) is 13.6. The summed E-state index contributed by atoms with van der Waals surface area (Å²) >= 11 is -5.25. The van der Waals surface area contributed by atoms with E-state index in [0.717, 1.165) is 0 Å². The van der Waals surface area contributed by atoms with Gasteiger partial charge in [0, 0.05) is 0 Å². The Morgan fingerprint density at radius 1 is 0.727 bits per heavy atom. The van der Waals surface area contributed by atoms with E-state index in [-0.39, 0.29) is 67.3 Å². The predicted molar refractivity (Wildman–Crippen MR) is 25.1 cm³/mol. The van der Waals surface area contributed by atoms with Crippen molar-refractivity contribution in [1.82, 2.24) is 0 Å². The molecule has 48 valence electrons. The van der Waals surface area contributed by atoms with Gasteiger partial charge < -0.3 is 0 Å². The summed E-state index contributed by atoms with van der Waals surface area (Å²) in [6, 6.07) is 0. The first-order valence-electron chi connectivity index (χ1n) is 1.41. The van der Waals surface area contributed by atoms with E-state index in [1.165, 1.54) is 0 Å². The van der Waals surface area contributed by atoms with Crippen molar-refractivity contribution in [3.8, 4) is 0 Å². The Morgan fingerprint density at radius 3 is 0.727 bits per heavy atom. The van der Waals surface area contributed by atoms with Crippen LogP contribution in [-0.2, 0) is 11.4 Å². The van der Waals surface area contributed by atoms with E-state index in [0.29, 0.717) is 0 Å². The van der Waals surface area contributed by atoms with Crippen LogP contribution in [0.15, 0.2) is 0 Å². The number of hydrogen-bond donors (Lipinski definition) is 0. The summed E-state index contributed by atoms with van der Waals surface area (Å²) in [6.07, 6.45) is 0. The van der Waals surface area contributed by atoms with Crippen LogP contribution in [0.1, 0.15) is 0 Å². The molecule has 0 atom stereocenters. The average Bonchev–Trinajstić information content (AvgIpc) is 1.70. The van der Waals surface area contributed by atoms with Crippen LogP contribution in [0.5, 0.6) is 0 Å². The van der Waals surface area contributed by atoms with Gasteiger partial charge in [-0.1, -0.05) is 0 Å². The van der Waals surface area contributed by atoms with Crippen molar-refractivity contribution in [2.75, 3.05) is 0 Å². The fourth-order valence-corrected chi connectivity index (χ4v) is 0. The Hall–Kier alpha value is 2.66. The fraction of sp³-hybridized carbons (Fsp3) is 0. The van der Waals surface area contributed by atoms with Gasteiger partial charge in [0.1, 0.15) is 0 Å². The van der Waals surface area contributed by atoms with Gasteiger partial charge in [-0.15, -0.1) is 0 Å². The minimum absolute atomic E-state index is 0. The molecule has 0 saturated heterocycles. The molecule has 0 aliphatic heterocycles. The molecule has 0 N–H and O–H groups in total. The zero-order chi connectivity index (χ0) is 8.12. The normalized spacial score (nSPS) is 2.18. The molecule has 0 spiro atoms. The second-order valence-corrected chi connectivity index (χ2v) is 0.866. The topological polar surface area (TPSA) is 120 Å². The maximum atomic E-state index is 8.46. The fourth-order valence-electron chi connectivity index (χ4n) is 0. The Bertz CT molecular complexity index is 54.6. The van der Waals surface area contributed by atoms with Crippen molar-refractivity contribution >= 4 is 84.2 Å². The van der Waals surface area contributed by atoms with Crippen molar-refractivity contribution in [1.29, 1.82) is 0 Å². The first-order valence-corrected chi connectivity index (χ1v) is 4.24. The van der Waals surface area contributed by atoms with Gasteiger partial charge in [0.25, 0.3) is 0 Å². The molecular formula is Al3CaNaO6. The molecule has 0 aliphatic carbocycles. The van der Waals surface area contributed by atoms with Crippen molar-refractivity contribution < 1.29 is 53.4 Å². The molecule has 0 heterocycles. The molecule has 0 aliphatic rings. The molecule has 11 heavy (non-hydrogen) atoms. The molecule has 0 bridgehead atoms. The Labute approximate surface area is 135 Å². The summed E-state index contributed by atoms with van der Waals surface area (Å²) in [6.45, 7) is 0. The predicted octanol–water partition coefficient (Wildman–Crippen LogP) is -8.44. The Balaban J connectivity index is -0.0000000150. The summed E-state index contributed by atoms with van der Waals surface area (Å²) in [5, 5.41) is 0. The van der Waals surface area contributed by atoms with E-state index in [2.05, 4.69) is 0 Å². The monoisotopic (exact) mass is 240 g/mol. The third kappa shape index (κ3) is 204. The molecule has 11 heteroatoms. The van der Waals surface area contributed by atoms with Gasteiger partial charge in [-0.3, -0.25) is 0 Å². The summed E-state index contributed by atoms with van der Waals surface area (Å²) < 4.78 is 50.8. The molecule has 0 saturated carbocycles. The van der Waals surface area contributed by atoms with E-state index in [4.69, 9.17) is 23.9 Å². The van der Waals surface area contributed by atoms with Gasteiger partial charge in [-0.2, -0.15) is 0 Å². The first kappa shape index (κ1) is 29.2. The van der Waals surface area contributed by atoms with Crippen molar-refractivity contribution in [3.05, 3.63) is 0 Å². The van der Waals surface area contributed by atoms with Gasteiger partial charge in [0.15, 0.2) is 0 Å². The van der Waals surface area contributed by atoms with Gasteiger partial charge in [-0.05, 0) is 0 Å². The van der Waals surface area contributed by atoms with Crippen molar-refractivity contribution in [3.63, 3.8) is 0 Å². The summed E-state index contributed by atoms with van der Waals surface area (Å²) in [4.78, 5) is 0. The average molecular weight is 240 g/mol. The van der Waals surface area contributed by atoms with Crippen LogP contribution in [0.2, 0.25) is 0 Å². The molecule has 0 unspecified atom stereocenters. The van der Waals surface area contributed by atoms with Crippen LogP contribution in [0, 0.1) is 0 Å². The van der Waals surface area contributed by atoms with Crippen LogP contribution in [-0.4, -0.2) is 84.2 Å². The number of hydrogen-bond acceptors (Lipinski definition) is 6. The Kier molecular flexibility index (Phi) is 143. The maximum absolute atomic E-state index is 8.46. The van der Waals surface area contributed by atoms with Gasteiger partial charge in [-0.25, -0.2) is 0 Å². The zero-order valence-electron chi connectivity index (χ0n) is 5.89. The molecule has 0 aromatic carbocycles. The van der Waals surface area contributed by atoms with Crippen LogP contribution in [0.4, 0.5) is 0 Å². The summed E-state index contributed by atoms with van der Waals surface area (Å²) in [5.41, 5.74) is 0. The van der Waals surface area contributed by atoms with E-state index in [9.17, 15) is 0 Å². The molecule has 6 nitrogen and oxygen atoms in total. The Morgan fingerprint density at radius 2 is 0.727 bits per heavy atom. The van der Waals surface area contributed by atoms with E-state index < -0.39 is 46.5 Å². The van der Waals surface area contributed by atoms with Gasteiger partial charge >= 0.3 is 138 Å². The van der Waals surface area contributed by atoms with Crippen LogP contribution >= 0.6 is 0 Å². The SMILES string of the molecule is [Ca+2].[Na+].[O]=[Al][O-].[O]=[Al][O-].[O]=[Al][O-]. The molecule has 0 rings (SSSR count). The van der Waals surface area contributed by atoms with Crippen LogP contribution < -0.4 is 42.0 Å². The van der Waals surface area contributed by atoms with Gasteiger partial charge in [0.2, 0.25) is 0 Å². The van der Waals surface area contributed by atoms with Crippen molar-refractivity contribution in [2.45, 2.75) is 0 Å². The van der Waals surface area contributed by atoms with Crippen LogP contribution in [0.25, 0.3) is 0 Å². The second-order valence-electron chi connectivity index (χ2n) is 0.289. The molecule has 0 amide bonds.